The van der Waals surface area contributed by atoms with Gasteiger partial charge in [-0.1, -0.05) is 5.56 Å². The minimum absolute atomic E-state index is 0. The standard InChI is InChI=1S/C6H4N.C5H5.Fe/c7-5-6-3-1-2-4-6;1-2-4-5-3-1;/h1-4H;1-5H;/q2*-1;+2. The molecule has 0 aliphatic rings. The maximum absolute atomic E-state index is 8.18. The van der Waals surface area contributed by atoms with Crippen molar-refractivity contribution in [1.29, 1.82) is 5.26 Å². The van der Waals surface area contributed by atoms with E-state index in [1.807, 2.05) is 48.5 Å². The van der Waals surface area contributed by atoms with E-state index in [0.29, 0.717) is 0 Å². The summed E-state index contributed by atoms with van der Waals surface area (Å²) in [7, 11) is 0. The zero-order chi connectivity index (χ0) is 8.65. The van der Waals surface area contributed by atoms with Crippen molar-refractivity contribution in [1.82, 2.24) is 0 Å². The predicted octanol–water partition coefficient (Wildman–Crippen LogP) is 2.68. The van der Waals surface area contributed by atoms with Crippen molar-refractivity contribution in [3.8, 4) is 6.07 Å². The Balaban J connectivity index is 0.000000215. The third-order valence-corrected chi connectivity index (χ3v) is 1.35. The van der Waals surface area contributed by atoms with Crippen molar-refractivity contribution >= 4 is 0 Å². The molecule has 0 spiro atoms. The van der Waals surface area contributed by atoms with E-state index in [0.717, 1.165) is 5.56 Å². The fourth-order valence-electron chi connectivity index (χ4n) is 0.769. The largest absolute Gasteiger partial charge is 2.00 e. The molecule has 0 radical (unpaired) electrons. The van der Waals surface area contributed by atoms with Gasteiger partial charge in [0.1, 0.15) is 0 Å². The van der Waals surface area contributed by atoms with Crippen LogP contribution in [0.2, 0.25) is 0 Å². The Morgan fingerprint density at radius 1 is 1.00 bits per heavy atom. The number of rotatable bonds is 0. The number of hydrogen-bond donors (Lipinski definition) is 0. The number of hydrogen-bond acceptors (Lipinski definition) is 1. The van der Waals surface area contributed by atoms with Gasteiger partial charge in [0.15, 0.2) is 0 Å². The van der Waals surface area contributed by atoms with Gasteiger partial charge in [0.05, 0.1) is 0 Å². The van der Waals surface area contributed by atoms with Crippen molar-refractivity contribution in [2.75, 3.05) is 0 Å². The Hall–Kier alpha value is -1.29. The first-order valence-corrected chi connectivity index (χ1v) is 3.72. The quantitative estimate of drug-likeness (QED) is 0.485. The van der Waals surface area contributed by atoms with Crippen LogP contribution in [0.5, 0.6) is 0 Å². The molecule has 0 saturated heterocycles. The summed E-state index contributed by atoms with van der Waals surface area (Å²) >= 11 is 0. The van der Waals surface area contributed by atoms with Crippen LogP contribution in [0.1, 0.15) is 5.56 Å². The molecule has 2 aromatic carbocycles. The first-order valence-electron chi connectivity index (χ1n) is 3.72. The molecule has 0 amide bonds. The molecule has 2 aromatic rings. The zero-order valence-electron chi connectivity index (χ0n) is 7.00. The number of nitrogens with zero attached hydrogens (tertiary/aromatic N) is 1. The normalized spacial score (nSPS) is 7.31. The summed E-state index contributed by atoms with van der Waals surface area (Å²) in [5, 5.41) is 8.18. The van der Waals surface area contributed by atoms with Crippen LogP contribution in [0.25, 0.3) is 0 Å². The molecule has 0 unspecified atom stereocenters. The molecular weight excluding hydrogens is 202 g/mol. The van der Waals surface area contributed by atoms with E-state index in [4.69, 9.17) is 5.26 Å². The van der Waals surface area contributed by atoms with Gasteiger partial charge in [-0.2, -0.15) is 30.3 Å². The fourth-order valence-corrected chi connectivity index (χ4v) is 0.769. The van der Waals surface area contributed by atoms with Crippen molar-refractivity contribution in [3.63, 3.8) is 0 Å². The average molecular weight is 211 g/mol. The second-order valence-electron chi connectivity index (χ2n) is 2.25. The minimum Gasteiger partial charge on any atom is -0.214 e. The van der Waals surface area contributed by atoms with E-state index in [2.05, 4.69) is 0 Å². The van der Waals surface area contributed by atoms with Crippen LogP contribution in [0.15, 0.2) is 54.6 Å². The van der Waals surface area contributed by atoms with Crippen molar-refractivity contribution in [2.24, 2.45) is 0 Å². The van der Waals surface area contributed by atoms with Crippen LogP contribution in [-0.4, -0.2) is 0 Å². The Morgan fingerprint density at radius 2 is 1.54 bits per heavy atom. The molecule has 0 aromatic heterocycles. The van der Waals surface area contributed by atoms with Gasteiger partial charge in [-0.15, -0.1) is 0 Å². The minimum atomic E-state index is 0. The molecule has 2 rings (SSSR count). The van der Waals surface area contributed by atoms with E-state index >= 15 is 0 Å². The van der Waals surface area contributed by atoms with Gasteiger partial charge in [0, 0.05) is 6.07 Å². The monoisotopic (exact) mass is 211 g/mol. The van der Waals surface area contributed by atoms with Crippen LogP contribution in [0, 0.1) is 11.3 Å². The van der Waals surface area contributed by atoms with Gasteiger partial charge in [0.2, 0.25) is 0 Å². The van der Waals surface area contributed by atoms with E-state index in [9.17, 15) is 0 Å². The van der Waals surface area contributed by atoms with Crippen molar-refractivity contribution in [3.05, 3.63) is 60.2 Å². The van der Waals surface area contributed by atoms with Gasteiger partial charge in [-0.3, -0.25) is 0 Å². The molecule has 13 heavy (non-hydrogen) atoms. The van der Waals surface area contributed by atoms with Crippen LogP contribution in [0.4, 0.5) is 0 Å². The number of nitriles is 1. The summed E-state index contributed by atoms with van der Waals surface area (Å²) in [6.07, 6.45) is 0. The zero-order valence-corrected chi connectivity index (χ0v) is 8.10. The molecule has 66 valence electrons. The maximum Gasteiger partial charge on any atom is 2.00 e. The van der Waals surface area contributed by atoms with Gasteiger partial charge in [-0.05, 0) is 0 Å². The molecule has 0 saturated carbocycles. The summed E-state index contributed by atoms with van der Waals surface area (Å²) in [4.78, 5) is 0. The Kier molecular flexibility index (Phi) is 6.63. The first-order chi connectivity index (χ1) is 5.93. The average Bonchev–Trinajstić information content (AvgIpc) is 2.81. The summed E-state index contributed by atoms with van der Waals surface area (Å²) in [6, 6.07) is 19.3. The van der Waals surface area contributed by atoms with Gasteiger partial charge < -0.3 is 0 Å². The summed E-state index contributed by atoms with van der Waals surface area (Å²) in [6.45, 7) is 0. The molecule has 2 heteroatoms. The topological polar surface area (TPSA) is 23.8 Å². The fraction of sp³-hybridized carbons (Fsp3) is 0. The summed E-state index contributed by atoms with van der Waals surface area (Å²) in [5.41, 5.74) is 0.736. The molecule has 1 nitrogen and oxygen atoms in total. The second kappa shape index (κ2) is 7.36. The molecule has 0 heterocycles. The predicted molar refractivity (Wildman–Crippen MR) is 48.8 cm³/mol. The SMILES string of the molecule is N#C[c-]1cccc1.[Fe+2].c1cc[cH-]c1. The Labute approximate surface area is 88.8 Å². The second-order valence-corrected chi connectivity index (χ2v) is 2.25. The van der Waals surface area contributed by atoms with E-state index in [-0.39, 0.29) is 17.1 Å². The third-order valence-electron chi connectivity index (χ3n) is 1.35. The molecular formula is C11H9FeN. The van der Waals surface area contributed by atoms with Gasteiger partial charge in [0.25, 0.3) is 0 Å². The van der Waals surface area contributed by atoms with Crippen LogP contribution < -0.4 is 0 Å². The van der Waals surface area contributed by atoms with Crippen molar-refractivity contribution in [2.45, 2.75) is 0 Å². The molecule has 0 atom stereocenters. The van der Waals surface area contributed by atoms with E-state index in [1.165, 1.54) is 0 Å². The smallest absolute Gasteiger partial charge is 0.214 e. The van der Waals surface area contributed by atoms with Crippen LogP contribution in [-0.2, 0) is 17.1 Å². The molecule has 0 aliphatic carbocycles. The summed E-state index contributed by atoms with van der Waals surface area (Å²) < 4.78 is 0. The maximum atomic E-state index is 8.18. The Morgan fingerprint density at radius 3 is 1.77 bits per heavy atom. The summed E-state index contributed by atoms with van der Waals surface area (Å²) in [5.74, 6) is 0. The molecule has 0 aliphatic heterocycles. The first kappa shape index (κ1) is 11.7. The van der Waals surface area contributed by atoms with Crippen LogP contribution >= 0.6 is 0 Å². The van der Waals surface area contributed by atoms with Crippen LogP contribution in [0.3, 0.4) is 0 Å². The van der Waals surface area contributed by atoms with Gasteiger partial charge >= 0.3 is 17.1 Å². The van der Waals surface area contributed by atoms with E-state index in [1.54, 1.807) is 12.1 Å². The van der Waals surface area contributed by atoms with Gasteiger partial charge in [-0.25, -0.2) is 29.5 Å². The molecule has 0 N–H and O–H groups in total. The van der Waals surface area contributed by atoms with E-state index < -0.39 is 0 Å². The molecule has 0 fully saturated rings. The Bertz CT molecular complexity index is 296. The van der Waals surface area contributed by atoms with Crippen molar-refractivity contribution < 1.29 is 17.1 Å². The molecule has 0 bridgehead atoms. The third kappa shape index (κ3) is 5.03.